The molecule has 1 atom stereocenters. The molecule has 0 bridgehead atoms. The van der Waals surface area contributed by atoms with Gasteiger partial charge in [0.15, 0.2) is 0 Å². The van der Waals surface area contributed by atoms with Gasteiger partial charge in [0.1, 0.15) is 11.4 Å². The van der Waals surface area contributed by atoms with Crippen molar-refractivity contribution in [3.8, 4) is 5.75 Å². The zero-order chi connectivity index (χ0) is 17.9. The average molecular weight is 328 g/mol. The lowest BCUT2D eigenvalue weighted by molar-refractivity contribution is 0.0929. The molecule has 1 amide bonds. The number of methoxy groups -OCH3 is 1. The summed E-state index contributed by atoms with van der Waals surface area (Å²) >= 11 is 0. The number of ether oxygens (including phenoxy) is 1. The van der Waals surface area contributed by atoms with Gasteiger partial charge in [-0.15, -0.1) is 0 Å². The van der Waals surface area contributed by atoms with Crippen molar-refractivity contribution in [3.63, 3.8) is 0 Å². The molecule has 4 heteroatoms. The zero-order valence-corrected chi connectivity index (χ0v) is 15.6. The molecule has 0 radical (unpaired) electrons. The molecule has 2 aromatic rings. The van der Waals surface area contributed by atoms with Gasteiger partial charge in [0.05, 0.1) is 7.11 Å². The minimum absolute atomic E-state index is 0.000876. The van der Waals surface area contributed by atoms with Crippen LogP contribution in [0.5, 0.6) is 5.75 Å². The normalized spacial score (nSPS) is 12.1. The predicted octanol–water partition coefficient (Wildman–Crippen LogP) is 4.00. The second kappa shape index (κ2) is 7.56. The molecule has 0 spiro atoms. The van der Waals surface area contributed by atoms with Gasteiger partial charge in [-0.1, -0.05) is 19.1 Å². The molecule has 1 N–H and O–H groups in total. The van der Waals surface area contributed by atoms with Crippen molar-refractivity contribution < 1.29 is 9.53 Å². The molecule has 1 heterocycles. The summed E-state index contributed by atoms with van der Waals surface area (Å²) < 4.78 is 7.42. The highest BCUT2D eigenvalue weighted by Gasteiger charge is 2.21. The van der Waals surface area contributed by atoms with E-state index >= 15 is 0 Å². The lowest BCUT2D eigenvalue weighted by Crippen LogP contribution is -2.34. The molecule has 0 aliphatic heterocycles. The van der Waals surface area contributed by atoms with Gasteiger partial charge in [0, 0.05) is 18.3 Å². The van der Waals surface area contributed by atoms with Crippen molar-refractivity contribution in [2.45, 2.75) is 53.6 Å². The Morgan fingerprint density at radius 2 is 1.96 bits per heavy atom. The van der Waals surface area contributed by atoms with Crippen molar-refractivity contribution in [2.75, 3.05) is 7.11 Å². The van der Waals surface area contributed by atoms with Crippen LogP contribution < -0.4 is 10.1 Å². The second-order valence-electron chi connectivity index (χ2n) is 6.40. The number of carbonyl (C=O) groups excluding carboxylic acids is 1. The fraction of sp³-hybridized carbons (Fsp3) is 0.450. The van der Waals surface area contributed by atoms with Crippen LogP contribution in [0.3, 0.4) is 0 Å². The Morgan fingerprint density at radius 1 is 1.25 bits per heavy atom. The van der Waals surface area contributed by atoms with E-state index in [1.54, 1.807) is 7.11 Å². The molecule has 0 saturated carbocycles. The van der Waals surface area contributed by atoms with Crippen molar-refractivity contribution in [1.29, 1.82) is 0 Å². The van der Waals surface area contributed by atoms with Gasteiger partial charge >= 0.3 is 0 Å². The molecule has 1 unspecified atom stereocenters. The maximum atomic E-state index is 12.8. The number of hydrogen-bond donors (Lipinski definition) is 1. The Hall–Kier alpha value is -2.23. The Morgan fingerprint density at radius 3 is 2.58 bits per heavy atom. The Balaban J connectivity index is 2.41. The quantitative estimate of drug-likeness (QED) is 0.871. The first-order chi connectivity index (χ1) is 11.4. The first-order valence-electron chi connectivity index (χ1n) is 8.49. The van der Waals surface area contributed by atoms with Crippen LogP contribution in [0.2, 0.25) is 0 Å². The molecule has 1 aromatic heterocycles. The van der Waals surface area contributed by atoms with Crippen molar-refractivity contribution >= 4 is 5.91 Å². The van der Waals surface area contributed by atoms with Gasteiger partial charge in [0.2, 0.25) is 0 Å². The molecule has 1 aromatic carbocycles. The van der Waals surface area contributed by atoms with E-state index < -0.39 is 0 Å². The van der Waals surface area contributed by atoms with Crippen molar-refractivity contribution in [3.05, 3.63) is 52.3 Å². The third-order valence-electron chi connectivity index (χ3n) is 4.81. The predicted molar refractivity (Wildman–Crippen MR) is 98.0 cm³/mol. The van der Waals surface area contributed by atoms with E-state index in [-0.39, 0.29) is 11.9 Å². The largest absolute Gasteiger partial charge is 0.497 e. The van der Waals surface area contributed by atoms with E-state index in [1.165, 1.54) is 5.56 Å². The van der Waals surface area contributed by atoms with Gasteiger partial charge in [-0.2, -0.15) is 0 Å². The van der Waals surface area contributed by atoms with Crippen LogP contribution in [0.4, 0.5) is 0 Å². The maximum Gasteiger partial charge on any atom is 0.268 e. The van der Waals surface area contributed by atoms with Crippen LogP contribution >= 0.6 is 0 Å². The summed E-state index contributed by atoms with van der Waals surface area (Å²) in [5.74, 6) is 0.831. The number of hydrogen-bond acceptors (Lipinski definition) is 2. The van der Waals surface area contributed by atoms with Crippen LogP contribution in [-0.4, -0.2) is 23.6 Å². The van der Waals surface area contributed by atoms with E-state index in [1.807, 2.05) is 32.0 Å². The van der Waals surface area contributed by atoms with Crippen LogP contribution in [0, 0.1) is 20.8 Å². The van der Waals surface area contributed by atoms with E-state index in [0.717, 1.165) is 34.7 Å². The summed E-state index contributed by atoms with van der Waals surface area (Å²) in [6.45, 7) is 10.9. The summed E-state index contributed by atoms with van der Waals surface area (Å²) in [7, 11) is 1.67. The van der Waals surface area contributed by atoms with E-state index in [9.17, 15) is 4.79 Å². The number of carbonyl (C=O) groups is 1. The number of nitrogens with one attached hydrogen (secondary N) is 1. The van der Waals surface area contributed by atoms with Crippen LogP contribution in [0.1, 0.15) is 53.1 Å². The number of benzene rings is 1. The molecule has 2 rings (SSSR count). The minimum Gasteiger partial charge on any atom is -0.497 e. The Bertz CT molecular complexity index is 731. The van der Waals surface area contributed by atoms with Gasteiger partial charge in [-0.25, -0.2) is 0 Å². The summed E-state index contributed by atoms with van der Waals surface area (Å²) in [5, 5.41) is 3.09. The second-order valence-corrected chi connectivity index (χ2v) is 6.40. The average Bonchev–Trinajstić information content (AvgIpc) is 2.79. The first-order valence-corrected chi connectivity index (χ1v) is 8.49. The SMILES string of the molecule is CCC(C)NC(=O)c1c(C)c(C)c(C)n1Cc1cccc(OC)c1. The zero-order valence-electron chi connectivity index (χ0n) is 15.6. The maximum absolute atomic E-state index is 12.8. The molecular formula is C20H28N2O2. The molecule has 0 aliphatic rings. The van der Waals surface area contributed by atoms with Crippen LogP contribution in [0.25, 0.3) is 0 Å². The van der Waals surface area contributed by atoms with Crippen molar-refractivity contribution in [2.24, 2.45) is 0 Å². The number of amides is 1. The Kier molecular flexibility index (Phi) is 5.71. The highest BCUT2D eigenvalue weighted by atomic mass is 16.5. The standard InChI is InChI=1S/C20H28N2O2/c1-7-13(2)21-20(23)19-15(4)14(3)16(5)22(19)12-17-9-8-10-18(11-17)24-6/h8-11,13H,7,12H2,1-6H3,(H,21,23). The van der Waals surface area contributed by atoms with Crippen LogP contribution in [0.15, 0.2) is 24.3 Å². The molecular weight excluding hydrogens is 300 g/mol. The molecule has 130 valence electrons. The third-order valence-corrected chi connectivity index (χ3v) is 4.81. The molecule has 0 fully saturated rings. The number of aromatic nitrogens is 1. The fourth-order valence-corrected chi connectivity index (χ4v) is 2.86. The summed E-state index contributed by atoms with van der Waals surface area (Å²) in [6.07, 6.45) is 0.916. The molecule has 0 aliphatic carbocycles. The third kappa shape index (κ3) is 3.64. The lowest BCUT2D eigenvalue weighted by Gasteiger charge is -2.16. The highest BCUT2D eigenvalue weighted by molar-refractivity contribution is 5.95. The van der Waals surface area contributed by atoms with Gasteiger partial charge < -0.3 is 14.6 Å². The van der Waals surface area contributed by atoms with Gasteiger partial charge in [0.25, 0.3) is 5.91 Å². The van der Waals surface area contributed by atoms with Crippen molar-refractivity contribution in [1.82, 2.24) is 9.88 Å². The lowest BCUT2D eigenvalue weighted by atomic mass is 10.1. The van der Waals surface area contributed by atoms with E-state index in [0.29, 0.717) is 6.54 Å². The topological polar surface area (TPSA) is 43.3 Å². The Labute approximate surface area is 144 Å². The van der Waals surface area contributed by atoms with E-state index in [2.05, 4.69) is 36.7 Å². The minimum atomic E-state index is 0.000876. The monoisotopic (exact) mass is 328 g/mol. The molecule has 0 saturated heterocycles. The molecule has 4 nitrogen and oxygen atoms in total. The molecule has 24 heavy (non-hydrogen) atoms. The summed E-state index contributed by atoms with van der Waals surface area (Å²) in [4.78, 5) is 12.8. The number of rotatable bonds is 6. The first kappa shape index (κ1) is 18.1. The smallest absolute Gasteiger partial charge is 0.268 e. The number of nitrogens with zero attached hydrogens (tertiary/aromatic N) is 1. The van der Waals surface area contributed by atoms with Gasteiger partial charge in [-0.3, -0.25) is 4.79 Å². The van der Waals surface area contributed by atoms with Gasteiger partial charge in [-0.05, 0) is 62.9 Å². The van der Waals surface area contributed by atoms with E-state index in [4.69, 9.17) is 4.74 Å². The van der Waals surface area contributed by atoms with Crippen LogP contribution in [-0.2, 0) is 6.54 Å². The fourth-order valence-electron chi connectivity index (χ4n) is 2.86. The summed E-state index contributed by atoms with van der Waals surface area (Å²) in [5.41, 5.74) is 5.23. The summed E-state index contributed by atoms with van der Waals surface area (Å²) in [6, 6.07) is 8.14. The highest BCUT2D eigenvalue weighted by Crippen LogP contribution is 2.24.